The molecule has 2 aromatic rings. The third kappa shape index (κ3) is 2.96. The fraction of sp³-hybridized carbons (Fsp3) is 0.300. The van der Waals surface area contributed by atoms with Gasteiger partial charge in [0.1, 0.15) is 5.82 Å². The number of nitrogens with one attached hydrogen (secondary N) is 1. The molecular weight excluding hydrogens is 249 g/mol. The third-order valence-corrected chi connectivity index (χ3v) is 2.08. The van der Waals surface area contributed by atoms with Gasteiger partial charge in [-0.1, -0.05) is 5.16 Å². The highest BCUT2D eigenvalue weighted by Gasteiger charge is 2.32. The van der Waals surface area contributed by atoms with Crippen LogP contribution in [0, 0.1) is 6.92 Å². The van der Waals surface area contributed by atoms with Crippen molar-refractivity contribution in [2.75, 3.05) is 5.32 Å². The lowest BCUT2D eigenvalue weighted by Gasteiger charge is -2.05. The molecule has 0 atom stereocenters. The number of alkyl halides is 3. The van der Waals surface area contributed by atoms with E-state index in [1.165, 1.54) is 6.07 Å². The zero-order chi connectivity index (χ0) is 13.2. The van der Waals surface area contributed by atoms with Crippen LogP contribution >= 0.6 is 0 Å². The van der Waals surface area contributed by atoms with Gasteiger partial charge in [0.15, 0.2) is 11.5 Å². The normalized spacial score (nSPS) is 11.6. The van der Waals surface area contributed by atoms with Crippen LogP contribution in [0.15, 0.2) is 22.7 Å². The van der Waals surface area contributed by atoms with Crippen LogP contribution in [0.5, 0.6) is 0 Å². The minimum Gasteiger partial charge on any atom is -0.361 e. The zero-order valence-corrected chi connectivity index (χ0v) is 9.32. The van der Waals surface area contributed by atoms with Crippen LogP contribution in [-0.4, -0.2) is 15.4 Å². The summed E-state index contributed by atoms with van der Waals surface area (Å²) in [7, 11) is 0. The van der Waals surface area contributed by atoms with Crippen molar-refractivity contribution >= 4 is 5.82 Å². The van der Waals surface area contributed by atoms with Gasteiger partial charge in [0, 0.05) is 6.07 Å². The van der Waals surface area contributed by atoms with E-state index in [0.29, 0.717) is 5.76 Å². The Hall–Kier alpha value is -2.12. The Morgan fingerprint density at radius 1 is 1.28 bits per heavy atom. The van der Waals surface area contributed by atoms with E-state index in [0.717, 1.165) is 11.8 Å². The summed E-state index contributed by atoms with van der Waals surface area (Å²) in [4.78, 5) is 0. The lowest BCUT2D eigenvalue weighted by atomic mass is 10.3. The monoisotopic (exact) mass is 258 g/mol. The van der Waals surface area contributed by atoms with Gasteiger partial charge in [-0.05, 0) is 19.1 Å². The molecule has 0 aromatic carbocycles. The summed E-state index contributed by atoms with van der Waals surface area (Å²) in [5.41, 5.74) is -0.297. The van der Waals surface area contributed by atoms with E-state index in [1.807, 2.05) is 0 Å². The molecule has 5 nitrogen and oxygen atoms in total. The number of hydrogen-bond acceptors (Lipinski definition) is 5. The van der Waals surface area contributed by atoms with Crippen molar-refractivity contribution in [3.63, 3.8) is 0 Å². The molecule has 2 heterocycles. The number of halogens is 3. The second-order valence-corrected chi connectivity index (χ2v) is 3.59. The molecule has 8 heteroatoms. The maximum atomic E-state index is 12.2. The van der Waals surface area contributed by atoms with Crippen molar-refractivity contribution in [3.8, 4) is 0 Å². The average molecular weight is 258 g/mol. The van der Waals surface area contributed by atoms with E-state index < -0.39 is 11.9 Å². The van der Waals surface area contributed by atoms with Crippen LogP contribution < -0.4 is 5.32 Å². The van der Waals surface area contributed by atoms with Crippen LogP contribution in [0.3, 0.4) is 0 Å². The van der Waals surface area contributed by atoms with Crippen LogP contribution in [-0.2, 0) is 12.7 Å². The van der Waals surface area contributed by atoms with Gasteiger partial charge in [-0.3, -0.25) is 0 Å². The number of nitrogens with zero attached hydrogens (tertiary/aromatic N) is 3. The first-order valence-corrected chi connectivity index (χ1v) is 5.02. The summed E-state index contributed by atoms with van der Waals surface area (Å²) >= 11 is 0. The minimum atomic E-state index is -4.48. The summed E-state index contributed by atoms with van der Waals surface area (Å²) in [5.74, 6) is 0.797. The SMILES string of the molecule is Cc1cc(CNc2ccc(C(F)(F)F)nn2)on1. The summed E-state index contributed by atoms with van der Waals surface area (Å²) < 4.78 is 41.6. The number of aromatic nitrogens is 3. The molecule has 0 fully saturated rings. The van der Waals surface area contributed by atoms with E-state index in [1.54, 1.807) is 13.0 Å². The van der Waals surface area contributed by atoms with Crippen LogP contribution in [0.1, 0.15) is 17.1 Å². The molecule has 2 aromatic heterocycles. The van der Waals surface area contributed by atoms with Gasteiger partial charge in [0.2, 0.25) is 0 Å². The Morgan fingerprint density at radius 3 is 2.56 bits per heavy atom. The molecule has 0 radical (unpaired) electrons. The van der Waals surface area contributed by atoms with Crippen molar-refractivity contribution in [1.29, 1.82) is 0 Å². The van der Waals surface area contributed by atoms with Gasteiger partial charge < -0.3 is 9.84 Å². The summed E-state index contributed by atoms with van der Waals surface area (Å²) in [5, 5.41) is 13.0. The molecule has 0 spiro atoms. The van der Waals surface area contributed by atoms with E-state index in [4.69, 9.17) is 4.52 Å². The molecule has 0 aliphatic rings. The summed E-state index contributed by atoms with van der Waals surface area (Å²) in [6.45, 7) is 2.05. The average Bonchev–Trinajstić information content (AvgIpc) is 2.72. The van der Waals surface area contributed by atoms with Gasteiger partial charge in [-0.2, -0.15) is 13.2 Å². The first kappa shape index (κ1) is 12.3. The lowest BCUT2D eigenvalue weighted by molar-refractivity contribution is -0.141. The smallest absolute Gasteiger partial charge is 0.361 e. The van der Waals surface area contributed by atoms with Crippen molar-refractivity contribution in [1.82, 2.24) is 15.4 Å². The van der Waals surface area contributed by atoms with E-state index in [9.17, 15) is 13.2 Å². The highest BCUT2D eigenvalue weighted by Crippen LogP contribution is 2.27. The van der Waals surface area contributed by atoms with Gasteiger partial charge in [0.05, 0.1) is 12.2 Å². The molecule has 1 N–H and O–H groups in total. The van der Waals surface area contributed by atoms with Crippen LogP contribution in [0.4, 0.5) is 19.0 Å². The second-order valence-electron chi connectivity index (χ2n) is 3.59. The summed E-state index contributed by atoms with van der Waals surface area (Å²) in [6.07, 6.45) is -4.48. The van der Waals surface area contributed by atoms with Crippen molar-refractivity contribution in [2.24, 2.45) is 0 Å². The van der Waals surface area contributed by atoms with Gasteiger partial charge in [-0.15, -0.1) is 10.2 Å². The molecule has 0 amide bonds. The van der Waals surface area contributed by atoms with Crippen molar-refractivity contribution in [3.05, 3.63) is 35.3 Å². The predicted molar refractivity (Wildman–Crippen MR) is 55.6 cm³/mol. The van der Waals surface area contributed by atoms with Crippen molar-refractivity contribution < 1.29 is 17.7 Å². The molecule has 0 saturated heterocycles. The molecule has 96 valence electrons. The molecule has 0 saturated carbocycles. The quantitative estimate of drug-likeness (QED) is 0.915. The van der Waals surface area contributed by atoms with Gasteiger partial charge in [0.25, 0.3) is 0 Å². The van der Waals surface area contributed by atoms with Gasteiger partial charge >= 0.3 is 6.18 Å². The molecular formula is C10H9F3N4O. The number of rotatable bonds is 3. The Labute approximate surface area is 100 Å². The van der Waals surface area contributed by atoms with E-state index in [2.05, 4.69) is 20.7 Å². The summed E-state index contributed by atoms with van der Waals surface area (Å²) in [6, 6.07) is 3.78. The molecule has 18 heavy (non-hydrogen) atoms. The highest BCUT2D eigenvalue weighted by atomic mass is 19.4. The maximum absolute atomic E-state index is 12.2. The third-order valence-electron chi connectivity index (χ3n) is 2.08. The molecule has 2 rings (SSSR count). The first-order chi connectivity index (χ1) is 8.45. The molecule has 0 bridgehead atoms. The Bertz CT molecular complexity index is 521. The minimum absolute atomic E-state index is 0.233. The maximum Gasteiger partial charge on any atom is 0.435 e. The standard InChI is InChI=1S/C10H9F3N4O/c1-6-4-7(18-17-6)5-14-9-3-2-8(15-16-9)10(11,12)13/h2-4H,5H2,1H3,(H,14,16). The second kappa shape index (κ2) is 4.63. The largest absolute Gasteiger partial charge is 0.435 e. The fourth-order valence-corrected chi connectivity index (χ4v) is 1.26. The van der Waals surface area contributed by atoms with Crippen LogP contribution in [0.25, 0.3) is 0 Å². The molecule has 0 aliphatic carbocycles. The van der Waals surface area contributed by atoms with Gasteiger partial charge in [-0.25, -0.2) is 0 Å². The number of anilines is 1. The Kier molecular flexibility index (Phi) is 3.17. The lowest BCUT2D eigenvalue weighted by Crippen LogP contribution is -2.10. The van der Waals surface area contributed by atoms with Crippen molar-refractivity contribution in [2.45, 2.75) is 19.6 Å². The zero-order valence-electron chi connectivity index (χ0n) is 9.32. The molecule has 0 unspecified atom stereocenters. The van der Waals surface area contributed by atoms with Crippen LogP contribution in [0.2, 0.25) is 0 Å². The first-order valence-electron chi connectivity index (χ1n) is 5.02. The van der Waals surface area contributed by atoms with E-state index in [-0.39, 0.29) is 12.4 Å². The molecule has 0 aliphatic heterocycles. The highest BCUT2D eigenvalue weighted by molar-refractivity contribution is 5.33. The topological polar surface area (TPSA) is 63.8 Å². The number of hydrogen-bond donors (Lipinski definition) is 1. The Morgan fingerprint density at radius 2 is 2.06 bits per heavy atom. The Balaban J connectivity index is 1.98. The van der Waals surface area contributed by atoms with E-state index >= 15 is 0 Å². The fourth-order valence-electron chi connectivity index (χ4n) is 1.26. The number of aryl methyl sites for hydroxylation is 1. The predicted octanol–water partition coefficient (Wildman–Crippen LogP) is 2.40.